The minimum absolute atomic E-state index is 0.865. The van der Waals surface area contributed by atoms with E-state index in [1.807, 2.05) is 24.3 Å². The molecule has 0 aliphatic heterocycles. The van der Waals surface area contributed by atoms with Crippen molar-refractivity contribution in [3.8, 4) is 0 Å². The second-order valence-corrected chi connectivity index (χ2v) is 7.98. The topological polar surface area (TPSA) is 61.3 Å². The maximum absolute atomic E-state index is 6.05. The smallest absolute Gasteiger partial charge is 0.0447 e. The molecule has 0 atom stereocenters. The van der Waals surface area contributed by atoms with Crippen LogP contribution < -0.4 is 11.5 Å². The molecule has 5 heteroatoms. The number of aryl methyl sites for hydroxylation is 2. The zero-order chi connectivity index (χ0) is 18.1. The van der Waals surface area contributed by atoms with Crippen LogP contribution in [-0.2, 0) is 16.5 Å². The molecule has 0 heterocycles. The van der Waals surface area contributed by atoms with Crippen molar-refractivity contribution in [2.24, 2.45) is 0 Å². The number of hydrogen-bond donors (Lipinski definition) is 2. The minimum Gasteiger partial charge on any atom is -0.399 e. The molecule has 0 saturated carbocycles. The van der Waals surface area contributed by atoms with Crippen LogP contribution in [0.1, 0.15) is 50.7 Å². The summed E-state index contributed by atoms with van der Waals surface area (Å²) < 4.78 is 5.76. The third-order valence-corrected chi connectivity index (χ3v) is 5.53. The lowest BCUT2D eigenvalue weighted by Gasteiger charge is -2.09. The predicted octanol–water partition coefficient (Wildman–Crippen LogP) is 6.27. The molecule has 0 saturated heterocycles. The van der Waals surface area contributed by atoms with Crippen molar-refractivity contribution in [3.05, 3.63) is 47.5 Å². The number of anilines is 2. The number of hydrogen-bond acceptors (Lipinski definition) is 5. The van der Waals surface area contributed by atoms with Crippen LogP contribution in [0.2, 0.25) is 0 Å². The van der Waals surface area contributed by atoms with Gasteiger partial charge in [-0.3, -0.25) is 0 Å². The van der Waals surface area contributed by atoms with Crippen LogP contribution in [0, 0.1) is 0 Å². The average molecular weight is 377 g/mol. The van der Waals surface area contributed by atoms with Crippen LogP contribution in [0.4, 0.5) is 11.4 Å². The van der Waals surface area contributed by atoms with Gasteiger partial charge in [-0.25, -0.2) is 3.63 Å². The lowest BCUT2D eigenvalue weighted by atomic mass is 10.1. The molecular formula is C20H28N2OS2. The van der Waals surface area contributed by atoms with E-state index < -0.39 is 0 Å². The third-order valence-electron chi connectivity index (χ3n) is 4.09. The average Bonchev–Trinajstić information content (AvgIpc) is 2.62. The molecule has 0 aliphatic carbocycles. The van der Waals surface area contributed by atoms with Crippen LogP contribution in [0.25, 0.3) is 0 Å². The highest BCUT2D eigenvalue weighted by molar-refractivity contribution is 8.07. The molecule has 2 aromatic carbocycles. The van der Waals surface area contributed by atoms with Crippen molar-refractivity contribution in [1.82, 2.24) is 0 Å². The summed E-state index contributed by atoms with van der Waals surface area (Å²) in [6.07, 6.45) is 6.67. The first-order valence-electron chi connectivity index (χ1n) is 8.92. The Balaban J connectivity index is 1.92. The number of nitrogen functional groups attached to an aromatic ring is 2. The number of nitrogens with two attached hydrogens (primary N) is 2. The first-order chi connectivity index (χ1) is 12.1. The van der Waals surface area contributed by atoms with E-state index in [0.29, 0.717) is 0 Å². The summed E-state index contributed by atoms with van der Waals surface area (Å²) in [4.78, 5) is 2.16. The number of rotatable bonds is 10. The van der Waals surface area contributed by atoms with E-state index in [-0.39, 0.29) is 0 Å². The van der Waals surface area contributed by atoms with Gasteiger partial charge in [0, 0.05) is 45.3 Å². The fraction of sp³-hybridized carbons (Fsp3) is 0.400. The summed E-state index contributed by atoms with van der Waals surface area (Å²) in [5.41, 5.74) is 16.2. The molecule has 25 heavy (non-hydrogen) atoms. The Kier molecular flexibility index (Phi) is 8.52. The summed E-state index contributed by atoms with van der Waals surface area (Å²) in [6, 6.07) is 12.2. The molecule has 0 amide bonds. The normalized spacial score (nSPS) is 11.0. The van der Waals surface area contributed by atoms with Gasteiger partial charge >= 0.3 is 0 Å². The zero-order valence-electron chi connectivity index (χ0n) is 15.1. The quantitative estimate of drug-likeness (QED) is 0.378. The second-order valence-electron chi connectivity index (χ2n) is 6.16. The van der Waals surface area contributed by atoms with E-state index in [1.165, 1.54) is 48.1 Å². The molecular weight excluding hydrogens is 348 g/mol. The van der Waals surface area contributed by atoms with Gasteiger partial charge < -0.3 is 11.5 Å². The number of unbranched alkanes of at least 4 members (excludes halogenated alkanes) is 2. The van der Waals surface area contributed by atoms with E-state index in [4.69, 9.17) is 15.1 Å². The van der Waals surface area contributed by atoms with E-state index >= 15 is 0 Å². The molecule has 2 aromatic rings. The number of benzene rings is 2. The Morgan fingerprint density at radius 1 is 0.760 bits per heavy atom. The predicted molar refractivity (Wildman–Crippen MR) is 112 cm³/mol. The Bertz CT molecular complexity index is 619. The third kappa shape index (κ3) is 6.49. The summed E-state index contributed by atoms with van der Waals surface area (Å²) >= 11 is 2.75. The first-order valence-corrected chi connectivity index (χ1v) is 10.4. The van der Waals surface area contributed by atoms with Crippen LogP contribution >= 0.6 is 24.1 Å². The largest absolute Gasteiger partial charge is 0.399 e. The fourth-order valence-corrected chi connectivity index (χ4v) is 3.92. The molecule has 2 rings (SSSR count). The van der Waals surface area contributed by atoms with E-state index in [2.05, 4.69) is 26.0 Å². The van der Waals surface area contributed by atoms with Crippen LogP contribution in [-0.4, -0.2) is 0 Å². The summed E-state index contributed by atoms with van der Waals surface area (Å²) in [6.45, 7) is 4.38. The van der Waals surface area contributed by atoms with Gasteiger partial charge in [0.25, 0.3) is 0 Å². The van der Waals surface area contributed by atoms with Gasteiger partial charge in [0.15, 0.2) is 0 Å². The SMILES string of the molecule is CCCCc1cc(SOSc2ccc(N)c(CCCC)c2)ccc1N. The lowest BCUT2D eigenvalue weighted by molar-refractivity contribution is 0.754. The van der Waals surface area contributed by atoms with Crippen molar-refractivity contribution in [1.29, 1.82) is 0 Å². The minimum atomic E-state index is 0.865. The molecule has 0 aliphatic rings. The first kappa shape index (κ1) is 20.0. The molecule has 0 radical (unpaired) electrons. The van der Waals surface area contributed by atoms with Crippen molar-refractivity contribution in [3.63, 3.8) is 0 Å². The van der Waals surface area contributed by atoms with E-state index in [9.17, 15) is 0 Å². The molecule has 0 fully saturated rings. The van der Waals surface area contributed by atoms with Crippen LogP contribution in [0.3, 0.4) is 0 Å². The van der Waals surface area contributed by atoms with Gasteiger partial charge in [-0.1, -0.05) is 26.7 Å². The molecule has 3 nitrogen and oxygen atoms in total. The van der Waals surface area contributed by atoms with Gasteiger partial charge in [0.1, 0.15) is 0 Å². The van der Waals surface area contributed by atoms with Gasteiger partial charge in [-0.05, 0) is 73.2 Å². The van der Waals surface area contributed by atoms with E-state index in [1.54, 1.807) is 0 Å². The Morgan fingerprint density at radius 3 is 1.60 bits per heavy atom. The Labute approximate surface area is 160 Å². The standard InChI is InChI=1S/C20H28N2OS2/c1-3-5-7-15-13-17(9-11-19(15)21)24-23-25-18-10-12-20(22)16(14-18)8-6-4-2/h9-14H,3-8,21-22H2,1-2H3. The van der Waals surface area contributed by atoms with Gasteiger partial charge in [0.2, 0.25) is 0 Å². The molecule has 0 aromatic heterocycles. The van der Waals surface area contributed by atoms with Crippen molar-refractivity contribution < 1.29 is 3.63 Å². The fourth-order valence-electron chi connectivity index (χ4n) is 2.53. The van der Waals surface area contributed by atoms with Crippen molar-refractivity contribution in [2.45, 2.75) is 62.2 Å². The second kappa shape index (κ2) is 10.6. The Morgan fingerprint density at radius 2 is 1.20 bits per heavy atom. The van der Waals surface area contributed by atoms with Crippen LogP contribution in [0.5, 0.6) is 0 Å². The summed E-state index contributed by atoms with van der Waals surface area (Å²) in [5, 5.41) is 0. The monoisotopic (exact) mass is 376 g/mol. The van der Waals surface area contributed by atoms with E-state index in [0.717, 1.165) is 46.8 Å². The molecule has 0 spiro atoms. The van der Waals surface area contributed by atoms with Gasteiger partial charge in [-0.2, -0.15) is 0 Å². The Hall–Kier alpha value is -1.30. The van der Waals surface area contributed by atoms with Crippen molar-refractivity contribution >= 4 is 35.5 Å². The zero-order valence-corrected chi connectivity index (χ0v) is 16.7. The maximum atomic E-state index is 6.05. The summed E-state index contributed by atoms with van der Waals surface area (Å²) in [5.74, 6) is 0. The van der Waals surface area contributed by atoms with Gasteiger partial charge in [-0.15, -0.1) is 0 Å². The van der Waals surface area contributed by atoms with Crippen molar-refractivity contribution in [2.75, 3.05) is 11.5 Å². The molecule has 0 bridgehead atoms. The van der Waals surface area contributed by atoms with Crippen LogP contribution in [0.15, 0.2) is 46.2 Å². The maximum Gasteiger partial charge on any atom is 0.0447 e. The highest BCUT2D eigenvalue weighted by atomic mass is 32.2. The highest BCUT2D eigenvalue weighted by Crippen LogP contribution is 2.33. The highest BCUT2D eigenvalue weighted by Gasteiger charge is 2.05. The molecule has 136 valence electrons. The molecule has 4 N–H and O–H groups in total. The molecule has 0 unspecified atom stereocenters. The van der Waals surface area contributed by atoms with Gasteiger partial charge in [0.05, 0.1) is 0 Å². The summed E-state index contributed by atoms with van der Waals surface area (Å²) in [7, 11) is 0. The lowest BCUT2D eigenvalue weighted by Crippen LogP contribution is -1.95.